The molecule has 7 nitrogen and oxygen atoms in total. The number of methoxy groups -OCH3 is 1. The van der Waals surface area contributed by atoms with Gasteiger partial charge in [-0.15, -0.1) is 0 Å². The Morgan fingerprint density at radius 3 is 2.60 bits per heavy atom. The van der Waals surface area contributed by atoms with Crippen molar-refractivity contribution in [3.63, 3.8) is 0 Å². The lowest BCUT2D eigenvalue weighted by Crippen LogP contribution is -2.47. The van der Waals surface area contributed by atoms with Gasteiger partial charge in [0.1, 0.15) is 17.5 Å². The fraction of sp³-hybridized carbons (Fsp3) is 0.348. The van der Waals surface area contributed by atoms with E-state index in [2.05, 4.69) is 15.8 Å². The molecule has 2 amide bonds. The van der Waals surface area contributed by atoms with Crippen LogP contribution in [0, 0.1) is 12.8 Å². The number of aryl methyl sites for hydroxylation is 1. The Morgan fingerprint density at radius 2 is 1.90 bits per heavy atom. The number of nitrogens with zero attached hydrogens (tertiary/aromatic N) is 1. The molecule has 2 rings (SSSR count). The van der Waals surface area contributed by atoms with Crippen molar-refractivity contribution in [2.24, 2.45) is 11.0 Å². The fourth-order valence-electron chi connectivity index (χ4n) is 2.77. The van der Waals surface area contributed by atoms with Crippen LogP contribution in [0.3, 0.4) is 0 Å². The molecule has 2 N–H and O–H groups in total. The van der Waals surface area contributed by atoms with Crippen molar-refractivity contribution < 1.29 is 19.1 Å². The van der Waals surface area contributed by atoms with Crippen molar-refractivity contribution in [2.45, 2.75) is 33.2 Å². The molecule has 160 valence electrons. The van der Waals surface area contributed by atoms with Crippen LogP contribution in [0.4, 0.5) is 0 Å². The van der Waals surface area contributed by atoms with E-state index in [1.54, 1.807) is 19.2 Å². The SMILES string of the molecule is COc1cccc(/C=N\NC(=O)[C@H](CC(C)C)NC(=O)COc2ccccc2C)c1. The number of para-hydroxylation sites is 1. The second kappa shape index (κ2) is 11.6. The molecule has 0 spiro atoms. The predicted octanol–water partition coefficient (Wildman–Crippen LogP) is 3.06. The number of hydrogen-bond acceptors (Lipinski definition) is 5. The van der Waals surface area contributed by atoms with Gasteiger partial charge in [-0.25, -0.2) is 5.43 Å². The highest BCUT2D eigenvalue weighted by molar-refractivity contribution is 5.89. The summed E-state index contributed by atoms with van der Waals surface area (Å²) in [7, 11) is 1.58. The zero-order chi connectivity index (χ0) is 21.9. The lowest BCUT2D eigenvalue weighted by molar-refractivity contribution is -0.130. The average molecular weight is 412 g/mol. The molecule has 0 unspecified atom stereocenters. The summed E-state index contributed by atoms with van der Waals surface area (Å²) in [5, 5.41) is 6.73. The second-order valence-corrected chi connectivity index (χ2v) is 7.31. The molecule has 0 radical (unpaired) electrons. The van der Waals surface area contributed by atoms with E-state index in [1.807, 2.05) is 57.2 Å². The van der Waals surface area contributed by atoms with Gasteiger partial charge in [-0.2, -0.15) is 5.10 Å². The first-order chi connectivity index (χ1) is 14.4. The quantitative estimate of drug-likeness (QED) is 0.465. The number of benzene rings is 2. The van der Waals surface area contributed by atoms with Crippen LogP contribution in [0.1, 0.15) is 31.4 Å². The number of nitrogens with one attached hydrogen (secondary N) is 2. The molecule has 7 heteroatoms. The zero-order valence-electron chi connectivity index (χ0n) is 17.8. The lowest BCUT2D eigenvalue weighted by Gasteiger charge is -2.19. The minimum absolute atomic E-state index is 0.167. The predicted molar refractivity (Wildman–Crippen MR) is 117 cm³/mol. The van der Waals surface area contributed by atoms with Crippen LogP contribution in [-0.4, -0.2) is 37.8 Å². The molecule has 0 saturated heterocycles. The Bertz CT molecular complexity index is 880. The van der Waals surface area contributed by atoms with Gasteiger partial charge in [-0.1, -0.05) is 44.2 Å². The minimum atomic E-state index is -0.708. The smallest absolute Gasteiger partial charge is 0.262 e. The minimum Gasteiger partial charge on any atom is -0.497 e. The van der Waals surface area contributed by atoms with E-state index in [1.165, 1.54) is 6.21 Å². The summed E-state index contributed by atoms with van der Waals surface area (Å²) in [5.74, 6) is 0.799. The maximum Gasteiger partial charge on any atom is 0.262 e. The van der Waals surface area contributed by atoms with E-state index in [0.717, 1.165) is 11.1 Å². The molecule has 0 bridgehead atoms. The Morgan fingerprint density at radius 1 is 1.13 bits per heavy atom. The fourth-order valence-corrected chi connectivity index (χ4v) is 2.77. The van der Waals surface area contributed by atoms with Crippen molar-refractivity contribution in [1.29, 1.82) is 0 Å². The largest absolute Gasteiger partial charge is 0.497 e. The number of carbonyl (C=O) groups excluding carboxylic acids is 2. The molecule has 2 aromatic rings. The van der Waals surface area contributed by atoms with E-state index >= 15 is 0 Å². The van der Waals surface area contributed by atoms with Gasteiger partial charge in [0.25, 0.3) is 11.8 Å². The molecule has 1 atom stereocenters. The van der Waals surface area contributed by atoms with E-state index in [9.17, 15) is 9.59 Å². The summed E-state index contributed by atoms with van der Waals surface area (Å²) in [6.07, 6.45) is 2.01. The van der Waals surface area contributed by atoms with E-state index in [4.69, 9.17) is 9.47 Å². The Balaban J connectivity index is 1.92. The summed E-state index contributed by atoms with van der Waals surface area (Å²) in [4.78, 5) is 24.9. The number of hydrogen-bond donors (Lipinski definition) is 2. The van der Waals surface area contributed by atoms with Gasteiger partial charge in [0.2, 0.25) is 0 Å². The average Bonchev–Trinajstić information content (AvgIpc) is 2.72. The summed E-state index contributed by atoms with van der Waals surface area (Å²) in [6.45, 7) is 5.70. The first-order valence-corrected chi connectivity index (χ1v) is 9.83. The van der Waals surface area contributed by atoms with Crippen molar-refractivity contribution in [3.8, 4) is 11.5 Å². The zero-order valence-corrected chi connectivity index (χ0v) is 17.8. The third-order valence-corrected chi connectivity index (χ3v) is 4.29. The van der Waals surface area contributed by atoms with Gasteiger partial charge in [0, 0.05) is 0 Å². The highest BCUT2D eigenvalue weighted by Crippen LogP contribution is 2.16. The molecule has 0 heterocycles. The van der Waals surface area contributed by atoms with Gasteiger partial charge in [0.05, 0.1) is 13.3 Å². The summed E-state index contributed by atoms with van der Waals surface area (Å²) >= 11 is 0. The number of hydrazone groups is 1. The van der Waals surface area contributed by atoms with E-state index < -0.39 is 6.04 Å². The van der Waals surface area contributed by atoms with Crippen LogP contribution in [0.15, 0.2) is 53.6 Å². The number of carbonyl (C=O) groups is 2. The van der Waals surface area contributed by atoms with Gasteiger partial charge in [-0.05, 0) is 48.6 Å². The molecule has 0 aliphatic heterocycles. The molecule has 0 aromatic heterocycles. The van der Waals surface area contributed by atoms with Crippen molar-refractivity contribution >= 4 is 18.0 Å². The first-order valence-electron chi connectivity index (χ1n) is 9.83. The van der Waals surface area contributed by atoms with Gasteiger partial charge >= 0.3 is 0 Å². The van der Waals surface area contributed by atoms with Crippen LogP contribution < -0.4 is 20.2 Å². The number of amides is 2. The van der Waals surface area contributed by atoms with Crippen LogP contribution in [-0.2, 0) is 9.59 Å². The highest BCUT2D eigenvalue weighted by atomic mass is 16.5. The Hall–Kier alpha value is -3.35. The highest BCUT2D eigenvalue weighted by Gasteiger charge is 2.22. The van der Waals surface area contributed by atoms with E-state index in [0.29, 0.717) is 17.9 Å². The summed E-state index contributed by atoms with van der Waals surface area (Å²) in [6, 6.07) is 14.0. The van der Waals surface area contributed by atoms with Crippen LogP contribution in [0.25, 0.3) is 0 Å². The summed E-state index contributed by atoms with van der Waals surface area (Å²) in [5.41, 5.74) is 4.22. The molecule has 2 aromatic carbocycles. The molecule has 0 saturated carbocycles. The standard InChI is InChI=1S/C23H29N3O4/c1-16(2)12-20(25-22(27)15-30-21-11-6-5-8-17(21)3)23(28)26-24-14-18-9-7-10-19(13-18)29-4/h5-11,13-14,16,20H,12,15H2,1-4H3,(H,25,27)(H,26,28)/b24-14-/t20-/m0/s1. The maximum absolute atomic E-state index is 12.6. The van der Waals surface area contributed by atoms with Crippen LogP contribution >= 0.6 is 0 Å². The lowest BCUT2D eigenvalue weighted by atomic mass is 10.0. The topological polar surface area (TPSA) is 89.0 Å². The number of ether oxygens (including phenoxy) is 2. The van der Waals surface area contributed by atoms with Crippen molar-refractivity contribution in [3.05, 3.63) is 59.7 Å². The third-order valence-electron chi connectivity index (χ3n) is 4.29. The van der Waals surface area contributed by atoms with Crippen molar-refractivity contribution in [1.82, 2.24) is 10.7 Å². The summed E-state index contributed by atoms with van der Waals surface area (Å²) < 4.78 is 10.7. The Labute approximate surface area is 177 Å². The molecule has 0 aliphatic rings. The molecular weight excluding hydrogens is 382 g/mol. The molecule has 0 aliphatic carbocycles. The number of rotatable bonds is 10. The van der Waals surface area contributed by atoms with E-state index in [-0.39, 0.29) is 24.3 Å². The van der Waals surface area contributed by atoms with Gasteiger partial charge < -0.3 is 14.8 Å². The molecule has 0 fully saturated rings. The molecule has 30 heavy (non-hydrogen) atoms. The monoisotopic (exact) mass is 411 g/mol. The normalized spacial score (nSPS) is 11.9. The molecular formula is C23H29N3O4. The van der Waals surface area contributed by atoms with Crippen molar-refractivity contribution in [2.75, 3.05) is 13.7 Å². The second-order valence-electron chi connectivity index (χ2n) is 7.31. The van der Waals surface area contributed by atoms with Crippen LogP contribution in [0.2, 0.25) is 0 Å². The van der Waals surface area contributed by atoms with Crippen LogP contribution in [0.5, 0.6) is 11.5 Å². The Kier molecular flexibility index (Phi) is 8.87. The third kappa shape index (κ3) is 7.58. The first kappa shape index (κ1) is 22.9. The van der Waals surface area contributed by atoms with Gasteiger partial charge in [0.15, 0.2) is 6.61 Å². The maximum atomic E-state index is 12.6. The van der Waals surface area contributed by atoms with Gasteiger partial charge in [-0.3, -0.25) is 9.59 Å².